The van der Waals surface area contributed by atoms with E-state index in [1.54, 1.807) is 0 Å². The molecule has 7 nitrogen and oxygen atoms in total. The highest BCUT2D eigenvalue weighted by Crippen LogP contribution is 2.46. The van der Waals surface area contributed by atoms with E-state index in [0.29, 0.717) is 0 Å². The molecule has 3 heterocycles. The van der Waals surface area contributed by atoms with Crippen molar-refractivity contribution >= 4 is 21.9 Å². The molecule has 162 valence electrons. The molecule has 0 N–H and O–H groups in total. The lowest BCUT2D eigenvalue weighted by Crippen LogP contribution is -2.37. The minimum Gasteiger partial charge on any atom is -0.365 e. The fourth-order valence-corrected chi connectivity index (χ4v) is 4.60. The third kappa shape index (κ3) is 2.68. The Morgan fingerprint density at radius 1 is 0.867 bits per heavy atom. The van der Waals surface area contributed by atoms with Crippen molar-refractivity contribution in [1.29, 1.82) is 0 Å². The van der Waals surface area contributed by atoms with Crippen LogP contribution in [0.5, 0.6) is 0 Å². The van der Waals surface area contributed by atoms with E-state index >= 15 is 0 Å². The van der Waals surface area contributed by atoms with Gasteiger partial charge in [-0.1, -0.05) is 12.2 Å². The lowest BCUT2D eigenvalue weighted by Gasteiger charge is -2.18. The monoisotopic (exact) mass is 461 g/mol. The number of fused-ring (bicyclic) bond motifs is 5. The van der Waals surface area contributed by atoms with Gasteiger partial charge in [0.2, 0.25) is 0 Å². The number of imide groups is 1. The van der Waals surface area contributed by atoms with Crippen LogP contribution in [-0.4, -0.2) is 37.5 Å². The molecular formula is C15H6F7NO6S. The Morgan fingerprint density at radius 2 is 1.30 bits per heavy atom. The van der Waals surface area contributed by atoms with Crippen molar-refractivity contribution in [3.8, 4) is 0 Å². The number of nitrogens with zero attached hydrogens (tertiary/aromatic N) is 1. The van der Waals surface area contributed by atoms with Gasteiger partial charge in [-0.15, -0.1) is 9.35 Å². The summed E-state index contributed by atoms with van der Waals surface area (Å²) >= 11 is 0. The van der Waals surface area contributed by atoms with Crippen LogP contribution in [0.2, 0.25) is 0 Å². The van der Waals surface area contributed by atoms with Crippen molar-refractivity contribution in [2.24, 2.45) is 11.8 Å². The Kier molecular flexibility index (Phi) is 4.32. The van der Waals surface area contributed by atoms with Crippen molar-refractivity contribution in [2.45, 2.75) is 23.3 Å². The number of hydrogen-bond donors (Lipinski definition) is 0. The minimum absolute atomic E-state index is 0.369. The largest absolute Gasteiger partial charge is 0.422 e. The van der Waals surface area contributed by atoms with E-state index in [9.17, 15) is 48.7 Å². The minimum atomic E-state index is -6.00. The summed E-state index contributed by atoms with van der Waals surface area (Å²) in [4.78, 5) is 22.0. The molecule has 0 aromatic heterocycles. The molecule has 0 saturated carbocycles. The van der Waals surface area contributed by atoms with Crippen molar-refractivity contribution in [3.05, 3.63) is 41.0 Å². The zero-order valence-electron chi connectivity index (χ0n) is 13.9. The zero-order valence-corrected chi connectivity index (χ0v) is 14.7. The zero-order chi connectivity index (χ0) is 22.3. The van der Waals surface area contributed by atoms with Crippen molar-refractivity contribution in [1.82, 2.24) is 5.06 Å². The van der Waals surface area contributed by atoms with Gasteiger partial charge in [0.25, 0.3) is 11.8 Å². The molecule has 2 bridgehead atoms. The average Bonchev–Trinajstić information content (AvgIpc) is 3.29. The molecule has 15 heteroatoms. The summed E-state index contributed by atoms with van der Waals surface area (Å²) in [6.45, 7) is 0. The summed E-state index contributed by atoms with van der Waals surface area (Å²) in [5, 5.41) is -0.369. The fourth-order valence-electron chi connectivity index (χ4n) is 3.57. The van der Waals surface area contributed by atoms with Crippen LogP contribution in [0.3, 0.4) is 0 Å². The molecule has 4 atom stereocenters. The average molecular weight is 461 g/mol. The summed E-state index contributed by atoms with van der Waals surface area (Å²) in [6.07, 6.45) is -4.88. The van der Waals surface area contributed by atoms with Gasteiger partial charge in [0, 0.05) is 0 Å². The summed E-state index contributed by atoms with van der Waals surface area (Å²) in [7, 11) is -6.00. The molecule has 3 aliphatic heterocycles. The topological polar surface area (TPSA) is 90.0 Å². The van der Waals surface area contributed by atoms with Crippen LogP contribution in [0.1, 0.15) is 5.56 Å². The maximum Gasteiger partial charge on any atom is 0.422 e. The number of hydroxylamine groups is 2. The SMILES string of the molecule is O=C1C2C3C=CC(O3)C2C(=O)N1OS(=O)(=O)c1c(F)c(F)c(C(F)(F)F)c(F)c1F. The number of carbonyl (C=O) groups is 2. The Bertz CT molecular complexity index is 1070. The number of amides is 2. The van der Waals surface area contributed by atoms with Crippen molar-refractivity contribution in [2.75, 3.05) is 0 Å². The van der Waals surface area contributed by atoms with Gasteiger partial charge in [-0.3, -0.25) is 9.59 Å². The van der Waals surface area contributed by atoms with E-state index in [0.717, 1.165) is 0 Å². The fraction of sp³-hybridized carbons (Fsp3) is 0.333. The van der Waals surface area contributed by atoms with Gasteiger partial charge in [0.05, 0.1) is 24.0 Å². The molecule has 4 unspecified atom stereocenters. The molecule has 4 rings (SSSR count). The predicted octanol–water partition coefficient (Wildman–Crippen LogP) is 1.82. The molecule has 0 radical (unpaired) electrons. The number of halogens is 7. The van der Waals surface area contributed by atoms with Gasteiger partial charge in [0.1, 0.15) is 5.56 Å². The van der Waals surface area contributed by atoms with Gasteiger partial charge in [-0.2, -0.15) is 21.6 Å². The Balaban J connectivity index is 1.74. The van der Waals surface area contributed by atoms with E-state index in [1.165, 1.54) is 12.2 Å². The molecular weight excluding hydrogens is 455 g/mol. The summed E-state index contributed by atoms with van der Waals surface area (Å²) < 4.78 is 127. The first-order valence-corrected chi connectivity index (χ1v) is 9.27. The normalized spacial score (nSPS) is 28.0. The third-order valence-corrected chi connectivity index (χ3v) is 6.00. The van der Waals surface area contributed by atoms with E-state index < -0.39 is 85.9 Å². The van der Waals surface area contributed by atoms with Gasteiger partial charge in [-0.25, -0.2) is 17.6 Å². The highest BCUT2D eigenvalue weighted by molar-refractivity contribution is 7.86. The first-order chi connectivity index (χ1) is 13.8. The summed E-state index contributed by atoms with van der Waals surface area (Å²) in [5.74, 6) is -16.9. The molecule has 2 amide bonds. The van der Waals surface area contributed by atoms with Crippen LogP contribution in [0, 0.1) is 35.1 Å². The predicted molar refractivity (Wildman–Crippen MR) is 76.2 cm³/mol. The van der Waals surface area contributed by atoms with Crippen LogP contribution < -0.4 is 0 Å². The maximum absolute atomic E-state index is 14.0. The van der Waals surface area contributed by atoms with E-state index in [-0.39, 0.29) is 5.06 Å². The number of carbonyl (C=O) groups excluding carboxylic acids is 2. The maximum atomic E-state index is 14.0. The number of ether oxygens (including phenoxy) is 1. The number of hydrogen-bond acceptors (Lipinski definition) is 6. The second-order valence-electron chi connectivity index (χ2n) is 6.46. The van der Waals surface area contributed by atoms with Crippen LogP contribution in [0.4, 0.5) is 30.7 Å². The van der Waals surface area contributed by atoms with Crippen molar-refractivity contribution in [3.63, 3.8) is 0 Å². The number of alkyl halides is 3. The lowest BCUT2D eigenvalue weighted by molar-refractivity contribution is -0.168. The Hall–Kier alpha value is -2.52. The highest BCUT2D eigenvalue weighted by atomic mass is 32.2. The van der Waals surface area contributed by atoms with E-state index in [2.05, 4.69) is 4.28 Å². The quantitative estimate of drug-likeness (QED) is 0.295. The van der Waals surface area contributed by atoms with Crippen LogP contribution in [-0.2, 0) is 34.9 Å². The van der Waals surface area contributed by atoms with Crippen LogP contribution in [0.25, 0.3) is 0 Å². The number of benzene rings is 1. The van der Waals surface area contributed by atoms with E-state index in [1.807, 2.05) is 0 Å². The molecule has 0 spiro atoms. The molecule has 1 aromatic carbocycles. The van der Waals surface area contributed by atoms with Crippen LogP contribution in [0.15, 0.2) is 17.0 Å². The molecule has 3 aliphatic rings. The van der Waals surface area contributed by atoms with Crippen molar-refractivity contribution < 1.29 is 57.8 Å². The molecule has 2 fully saturated rings. The van der Waals surface area contributed by atoms with Gasteiger partial charge < -0.3 is 4.74 Å². The first kappa shape index (κ1) is 20.7. The van der Waals surface area contributed by atoms with Gasteiger partial charge in [0.15, 0.2) is 28.2 Å². The lowest BCUT2D eigenvalue weighted by atomic mass is 9.85. The van der Waals surface area contributed by atoms with Gasteiger partial charge in [-0.05, 0) is 0 Å². The smallest absolute Gasteiger partial charge is 0.365 e. The molecule has 30 heavy (non-hydrogen) atoms. The Labute approximate surface area is 161 Å². The molecule has 1 aromatic rings. The molecule has 0 aliphatic carbocycles. The third-order valence-electron chi connectivity index (χ3n) is 4.80. The summed E-state index contributed by atoms with van der Waals surface area (Å²) in [6, 6.07) is 0. The second-order valence-corrected chi connectivity index (χ2v) is 7.92. The Morgan fingerprint density at radius 3 is 1.70 bits per heavy atom. The molecule has 2 saturated heterocycles. The van der Waals surface area contributed by atoms with Gasteiger partial charge >= 0.3 is 16.3 Å². The standard InChI is InChI=1S/C15H6F7NO6S/c16-8-7(15(20,21)22)9(17)11(19)12(10(8)18)30(26,27)29-23-13(24)5-3-1-2-4(28-3)6(5)14(23)25/h1-6H. The summed E-state index contributed by atoms with van der Waals surface area (Å²) in [5.41, 5.74) is -3.00. The second kappa shape index (κ2) is 6.24. The highest BCUT2D eigenvalue weighted by Gasteiger charge is 2.62. The first-order valence-electron chi connectivity index (χ1n) is 7.86. The van der Waals surface area contributed by atoms with E-state index in [4.69, 9.17) is 4.74 Å². The number of rotatable bonds is 3. The van der Waals surface area contributed by atoms with Crippen LogP contribution >= 0.6 is 0 Å².